The number of carbonyl (C=O) groups excluding carboxylic acids is 1. The van der Waals surface area contributed by atoms with Gasteiger partial charge in [0.2, 0.25) is 0 Å². The van der Waals surface area contributed by atoms with E-state index < -0.39 is 17.5 Å². The van der Waals surface area contributed by atoms with E-state index >= 15 is 0 Å². The molecule has 0 aromatic heterocycles. The summed E-state index contributed by atoms with van der Waals surface area (Å²) < 4.78 is 5.32. The molecule has 0 radical (unpaired) electrons. The second-order valence-electron chi connectivity index (χ2n) is 5.87. The first kappa shape index (κ1) is 12.2. The molecule has 0 spiro atoms. The highest BCUT2D eigenvalue weighted by atomic mass is 16.6. The lowest BCUT2D eigenvalue weighted by atomic mass is 9.89. The number of fused-ring (bicyclic) bond motifs is 2. The molecule has 1 amide bonds. The molecular formula is C12H19NO4. The van der Waals surface area contributed by atoms with Crippen molar-refractivity contribution in [2.45, 2.75) is 57.7 Å². The number of ether oxygens (including phenoxy) is 1. The van der Waals surface area contributed by atoms with Gasteiger partial charge in [-0.05, 0) is 40.0 Å². The summed E-state index contributed by atoms with van der Waals surface area (Å²) in [6.45, 7) is 5.45. The SMILES string of the molecule is CC(C)(C)OC(=O)N1C2CCC1[C@@H](C(=O)O)C2. The van der Waals surface area contributed by atoms with Gasteiger partial charge in [-0.15, -0.1) is 0 Å². The van der Waals surface area contributed by atoms with Crippen molar-refractivity contribution in [1.82, 2.24) is 4.90 Å². The molecule has 3 atom stereocenters. The van der Waals surface area contributed by atoms with E-state index in [-0.39, 0.29) is 18.2 Å². The molecule has 2 aliphatic rings. The molecule has 0 saturated carbocycles. The first-order valence-corrected chi connectivity index (χ1v) is 6.04. The molecule has 2 unspecified atom stereocenters. The average molecular weight is 241 g/mol. The Morgan fingerprint density at radius 1 is 1.29 bits per heavy atom. The van der Waals surface area contributed by atoms with Crippen LogP contribution in [0.1, 0.15) is 40.0 Å². The van der Waals surface area contributed by atoms with Crippen LogP contribution in [0.2, 0.25) is 0 Å². The predicted octanol–water partition coefficient (Wildman–Crippen LogP) is 1.86. The molecule has 0 aromatic carbocycles. The van der Waals surface area contributed by atoms with Gasteiger partial charge in [0.1, 0.15) is 5.60 Å². The van der Waals surface area contributed by atoms with Crippen molar-refractivity contribution in [3.05, 3.63) is 0 Å². The Morgan fingerprint density at radius 3 is 2.41 bits per heavy atom. The molecule has 1 N–H and O–H groups in total. The number of aliphatic carboxylic acids is 1. The molecule has 5 nitrogen and oxygen atoms in total. The van der Waals surface area contributed by atoms with E-state index in [1.165, 1.54) is 0 Å². The van der Waals surface area contributed by atoms with E-state index in [0.29, 0.717) is 6.42 Å². The standard InChI is InChI=1S/C12H19NO4/c1-12(2,3)17-11(16)13-7-4-5-9(13)8(6-7)10(14)15/h7-9H,4-6H2,1-3H3,(H,14,15)/t7?,8-,9?/m0/s1. The molecule has 2 saturated heterocycles. The maximum atomic E-state index is 12.0. The monoisotopic (exact) mass is 241 g/mol. The molecule has 17 heavy (non-hydrogen) atoms. The summed E-state index contributed by atoms with van der Waals surface area (Å²) in [6, 6.07) is -0.122. The average Bonchev–Trinajstić information content (AvgIpc) is 2.70. The van der Waals surface area contributed by atoms with Crippen molar-refractivity contribution in [1.29, 1.82) is 0 Å². The fraction of sp³-hybridized carbons (Fsp3) is 0.833. The highest BCUT2D eigenvalue weighted by molar-refractivity contribution is 5.76. The van der Waals surface area contributed by atoms with E-state index in [4.69, 9.17) is 9.84 Å². The number of nitrogens with zero attached hydrogens (tertiary/aromatic N) is 1. The van der Waals surface area contributed by atoms with Gasteiger partial charge in [0.15, 0.2) is 0 Å². The van der Waals surface area contributed by atoms with Gasteiger partial charge in [0.05, 0.1) is 5.92 Å². The largest absolute Gasteiger partial charge is 0.481 e. The Kier molecular flexibility index (Phi) is 2.79. The highest BCUT2D eigenvalue weighted by Crippen LogP contribution is 2.42. The lowest BCUT2D eigenvalue weighted by Gasteiger charge is -2.27. The molecule has 5 heteroatoms. The van der Waals surface area contributed by atoms with Crippen LogP contribution in [0.4, 0.5) is 4.79 Å². The zero-order valence-electron chi connectivity index (χ0n) is 10.5. The molecule has 96 valence electrons. The number of hydrogen-bond donors (Lipinski definition) is 1. The Labute approximate surface area is 101 Å². The van der Waals surface area contributed by atoms with Crippen molar-refractivity contribution < 1.29 is 19.4 Å². The number of carboxylic acids is 1. The van der Waals surface area contributed by atoms with E-state index in [9.17, 15) is 9.59 Å². The highest BCUT2D eigenvalue weighted by Gasteiger charge is 2.52. The predicted molar refractivity (Wildman–Crippen MR) is 60.6 cm³/mol. The van der Waals surface area contributed by atoms with Gasteiger partial charge in [-0.25, -0.2) is 4.79 Å². The van der Waals surface area contributed by atoms with Gasteiger partial charge in [-0.1, -0.05) is 0 Å². The third-order valence-corrected chi connectivity index (χ3v) is 3.46. The Hall–Kier alpha value is -1.26. The fourth-order valence-corrected chi connectivity index (χ4v) is 2.85. The normalized spacial score (nSPS) is 31.7. The third kappa shape index (κ3) is 2.23. The number of hydrogen-bond acceptors (Lipinski definition) is 3. The van der Waals surface area contributed by atoms with Crippen LogP contribution in [0.25, 0.3) is 0 Å². The van der Waals surface area contributed by atoms with Gasteiger partial charge < -0.3 is 14.7 Å². The Bertz CT molecular complexity index is 347. The van der Waals surface area contributed by atoms with Gasteiger partial charge in [-0.2, -0.15) is 0 Å². The number of amides is 1. The van der Waals surface area contributed by atoms with Crippen molar-refractivity contribution in [3.8, 4) is 0 Å². The van der Waals surface area contributed by atoms with Crippen LogP contribution >= 0.6 is 0 Å². The van der Waals surface area contributed by atoms with Crippen LogP contribution in [0, 0.1) is 5.92 Å². The van der Waals surface area contributed by atoms with Crippen molar-refractivity contribution in [2.24, 2.45) is 5.92 Å². The third-order valence-electron chi connectivity index (χ3n) is 3.46. The summed E-state index contributed by atoms with van der Waals surface area (Å²) in [4.78, 5) is 24.7. The summed E-state index contributed by atoms with van der Waals surface area (Å²) in [6.07, 6.45) is 1.88. The lowest BCUT2D eigenvalue weighted by Crippen LogP contribution is -2.41. The van der Waals surface area contributed by atoms with Crippen LogP contribution in [-0.4, -0.2) is 39.8 Å². The summed E-state index contributed by atoms with van der Waals surface area (Å²) in [5.41, 5.74) is -0.530. The zero-order chi connectivity index (χ0) is 12.8. The maximum absolute atomic E-state index is 12.0. The van der Waals surface area contributed by atoms with Crippen molar-refractivity contribution in [3.63, 3.8) is 0 Å². The van der Waals surface area contributed by atoms with Crippen LogP contribution in [0.3, 0.4) is 0 Å². The van der Waals surface area contributed by atoms with E-state index in [0.717, 1.165) is 12.8 Å². The minimum absolute atomic E-state index is 0.0518. The van der Waals surface area contributed by atoms with Crippen LogP contribution in [0.5, 0.6) is 0 Å². The molecule has 2 fully saturated rings. The number of carboxylic acid groups (broad SMARTS) is 1. The molecule has 2 bridgehead atoms. The van der Waals surface area contributed by atoms with Gasteiger partial charge >= 0.3 is 12.1 Å². The summed E-state index contributed by atoms with van der Waals surface area (Å²) in [5.74, 6) is -1.22. The van der Waals surface area contributed by atoms with Gasteiger partial charge in [0.25, 0.3) is 0 Å². The molecule has 0 aliphatic carbocycles. The fourth-order valence-electron chi connectivity index (χ4n) is 2.85. The summed E-state index contributed by atoms with van der Waals surface area (Å²) >= 11 is 0. The van der Waals surface area contributed by atoms with Gasteiger partial charge in [-0.3, -0.25) is 4.79 Å². The van der Waals surface area contributed by atoms with Crippen LogP contribution in [-0.2, 0) is 9.53 Å². The minimum Gasteiger partial charge on any atom is -0.481 e. The quantitative estimate of drug-likeness (QED) is 0.761. The van der Waals surface area contributed by atoms with Crippen molar-refractivity contribution >= 4 is 12.1 Å². The molecule has 2 aliphatic heterocycles. The minimum atomic E-state index is -0.800. The summed E-state index contributed by atoms with van der Waals surface area (Å²) in [5, 5.41) is 9.09. The van der Waals surface area contributed by atoms with Crippen LogP contribution in [0.15, 0.2) is 0 Å². The molecule has 0 aromatic rings. The lowest BCUT2D eigenvalue weighted by molar-refractivity contribution is -0.142. The Balaban J connectivity index is 2.08. The second kappa shape index (κ2) is 3.89. The topological polar surface area (TPSA) is 66.8 Å². The number of carbonyl (C=O) groups is 2. The van der Waals surface area contributed by atoms with Crippen LogP contribution < -0.4 is 0 Å². The van der Waals surface area contributed by atoms with Gasteiger partial charge in [0, 0.05) is 12.1 Å². The first-order valence-electron chi connectivity index (χ1n) is 6.04. The first-order chi connectivity index (χ1) is 7.79. The summed E-state index contributed by atoms with van der Waals surface area (Å²) in [7, 11) is 0. The zero-order valence-corrected chi connectivity index (χ0v) is 10.5. The molecule has 2 rings (SSSR count). The smallest absolute Gasteiger partial charge is 0.410 e. The number of rotatable bonds is 1. The van der Waals surface area contributed by atoms with E-state index in [2.05, 4.69) is 0 Å². The molecule has 2 heterocycles. The van der Waals surface area contributed by atoms with Crippen molar-refractivity contribution in [2.75, 3.05) is 0 Å². The Morgan fingerprint density at radius 2 is 1.94 bits per heavy atom. The maximum Gasteiger partial charge on any atom is 0.410 e. The van der Waals surface area contributed by atoms with E-state index in [1.807, 2.05) is 20.8 Å². The van der Waals surface area contributed by atoms with E-state index in [1.54, 1.807) is 4.90 Å². The second-order valence-corrected chi connectivity index (χ2v) is 5.87. The molecular weight excluding hydrogens is 222 g/mol.